The zero-order valence-electron chi connectivity index (χ0n) is 20.1. The van der Waals surface area contributed by atoms with Gasteiger partial charge in [0.1, 0.15) is 5.65 Å². The zero-order chi connectivity index (χ0) is 24.1. The van der Waals surface area contributed by atoms with Crippen molar-refractivity contribution in [2.24, 2.45) is 0 Å². The summed E-state index contributed by atoms with van der Waals surface area (Å²) in [5.41, 5.74) is 8.14. The van der Waals surface area contributed by atoms with E-state index in [1.807, 2.05) is 28.7 Å². The minimum Gasteiger partial charge on any atom is -0.355 e. The molecule has 3 aliphatic rings. The van der Waals surface area contributed by atoms with E-state index in [9.17, 15) is 4.79 Å². The van der Waals surface area contributed by atoms with Gasteiger partial charge in [0.2, 0.25) is 0 Å². The van der Waals surface area contributed by atoms with Gasteiger partial charge >= 0.3 is 6.03 Å². The van der Waals surface area contributed by atoms with Gasteiger partial charge in [-0.3, -0.25) is 4.90 Å². The molecule has 3 aromatic heterocycles. The third-order valence-corrected chi connectivity index (χ3v) is 8.62. The summed E-state index contributed by atoms with van der Waals surface area (Å²) in [6.07, 6.45) is 7.35. The van der Waals surface area contributed by atoms with Crippen LogP contribution in [-0.4, -0.2) is 81.0 Å². The number of piperazine rings is 1. The van der Waals surface area contributed by atoms with Crippen molar-refractivity contribution >= 4 is 55.6 Å². The number of nitrogens with zero attached hydrogens (tertiary/aromatic N) is 5. The van der Waals surface area contributed by atoms with E-state index in [-0.39, 0.29) is 6.03 Å². The van der Waals surface area contributed by atoms with Gasteiger partial charge in [-0.2, -0.15) is 0 Å². The average Bonchev–Trinajstić information content (AvgIpc) is 3.67. The second kappa shape index (κ2) is 8.90. The Morgan fingerprint density at radius 3 is 2.97 bits per heavy atom. The maximum absolute atomic E-state index is 13.2. The molecule has 9 heteroatoms. The number of benzene rings is 1. The van der Waals surface area contributed by atoms with Crippen LogP contribution >= 0.6 is 11.3 Å². The van der Waals surface area contributed by atoms with Crippen molar-refractivity contribution < 1.29 is 4.79 Å². The highest BCUT2D eigenvalue weighted by atomic mass is 32.1. The van der Waals surface area contributed by atoms with Gasteiger partial charge in [0.15, 0.2) is 0 Å². The number of nitrogens with one attached hydrogen (secondary N) is 2. The van der Waals surface area contributed by atoms with Gasteiger partial charge in [-0.05, 0) is 61.7 Å². The lowest BCUT2D eigenvalue weighted by molar-refractivity contribution is 0.0975. The van der Waals surface area contributed by atoms with Gasteiger partial charge in [-0.1, -0.05) is 6.08 Å². The molecule has 8 nitrogen and oxygen atoms in total. The number of carbonyl (C=O) groups excluding carboxylic acids is 1. The third-order valence-electron chi connectivity index (χ3n) is 7.83. The number of anilines is 2. The number of hydrogen-bond acceptors (Lipinski definition) is 6. The molecule has 0 bridgehead atoms. The minimum absolute atomic E-state index is 0.194. The second-order valence-electron chi connectivity index (χ2n) is 9.95. The van der Waals surface area contributed by atoms with E-state index >= 15 is 0 Å². The first-order chi connectivity index (χ1) is 17.7. The van der Waals surface area contributed by atoms with Gasteiger partial charge in [0, 0.05) is 61.7 Å². The summed E-state index contributed by atoms with van der Waals surface area (Å²) >= 11 is 1.64. The first-order valence-corrected chi connectivity index (χ1v) is 13.6. The maximum atomic E-state index is 13.2. The summed E-state index contributed by atoms with van der Waals surface area (Å²) in [7, 11) is 0. The van der Waals surface area contributed by atoms with Gasteiger partial charge in [0.25, 0.3) is 0 Å². The number of pyridine rings is 1. The Morgan fingerprint density at radius 1 is 1.08 bits per heavy atom. The number of thiazole rings is 1. The lowest BCUT2D eigenvalue weighted by Crippen LogP contribution is -2.55. The number of H-pyrrole nitrogens is 1. The highest BCUT2D eigenvalue weighted by Gasteiger charge is 2.34. The number of carbonyl (C=O) groups is 1. The molecule has 0 aliphatic carbocycles. The Hall–Kier alpha value is -3.43. The van der Waals surface area contributed by atoms with Crippen LogP contribution < -0.4 is 5.32 Å². The summed E-state index contributed by atoms with van der Waals surface area (Å²) in [5, 5.41) is 4.62. The van der Waals surface area contributed by atoms with Crippen molar-refractivity contribution in [3.8, 4) is 0 Å². The first kappa shape index (κ1) is 21.8. The van der Waals surface area contributed by atoms with E-state index in [4.69, 9.17) is 0 Å². The molecule has 7 rings (SSSR count). The first-order valence-electron chi connectivity index (χ1n) is 12.8. The number of amides is 2. The fraction of sp³-hybridized carbons (Fsp3) is 0.370. The molecule has 1 aromatic carbocycles. The molecule has 36 heavy (non-hydrogen) atoms. The zero-order valence-corrected chi connectivity index (χ0v) is 20.9. The highest BCUT2D eigenvalue weighted by molar-refractivity contribution is 7.16. The van der Waals surface area contributed by atoms with Crippen LogP contribution in [-0.2, 0) is 0 Å². The van der Waals surface area contributed by atoms with Crippen molar-refractivity contribution in [3.63, 3.8) is 0 Å². The fourth-order valence-electron chi connectivity index (χ4n) is 5.85. The molecule has 4 aromatic rings. The number of hydrogen-bond donors (Lipinski definition) is 2. The van der Waals surface area contributed by atoms with Crippen LogP contribution in [0.15, 0.2) is 48.1 Å². The smallest absolute Gasteiger partial charge is 0.320 e. The average molecular weight is 500 g/mol. The Balaban J connectivity index is 1.07. The molecule has 0 spiro atoms. The number of aromatic amines is 1. The topological polar surface area (TPSA) is 80.4 Å². The Bertz CT molecular complexity index is 1470. The van der Waals surface area contributed by atoms with Crippen molar-refractivity contribution in [1.29, 1.82) is 0 Å². The standard InChI is InChI=1S/C27H29N7OS/c35-27(34-13-12-32-9-1-2-20(32)16-34)33-10-6-18(7-11-33)24-15-21-22(5-8-28-26(21)31-24)30-19-3-4-23-25(14-19)36-17-29-23/h3-6,8,14-15,17,20H,1-2,7,9-13,16H2,(H2,28,30,31). The summed E-state index contributed by atoms with van der Waals surface area (Å²) in [6, 6.07) is 11.2. The molecule has 6 heterocycles. The van der Waals surface area contributed by atoms with E-state index in [2.05, 4.69) is 54.3 Å². The van der Waals surface area contributed by atoms with Crippen LogP contribution in [0.4, 0.5) is 16.2 Å². The van der Waals surface area contributed by atoms with E-state index in [0.717, 1.165) is 70.9 Å². The van der Waals surface area contributed by atoms with E-state index < -0.39 is 0 Å². The lowest BCUT2D eigenvalue weighted by atomic mass is 10.0. The van der Waals surface area contributed by atoms with E-state index in [1.54, 1.807) is 11.3 Å². The Kier molecular flexibility index (Phi) is 5.40. The molecular formula is C27H29N7OS. The molecule has 2 saturated heterocycles. The molecule has 0 saturated carbocycles. The summed E-state index contributed by atoms with van der Waals surface area (Å²) in [4.78, 5) is 32.2. The Morgan fingerprint density at radius 2 is 2.06 bits per heavy atom. The third kappa shape index (κ3) is 3.92. The molecular weight excluding hydrogens is 470 g/mol. The molecule has 2 fully saturated rings. The van der Waals surface area contributed by atoms with Gasteiger partial charge in [-0.25, -0.2) is 14.8 Å². The molecule has 1 unspecified atom stereocenters. The SMILES string of the molecule is O=C(N1CC=C(c2cc3c(Nc4ccc5ncsc5c4)ccnc3[nH]2)CC1)N1CCN2CCCC2C1. The van der Waals surface area contributed by atoms with Crippen LogP contribution in [0, 0.1) is 0 Å². The quantitative estimate of drug-likeness (QED) is 0.419. The summed E-state index contributed by atoms with van der Waals surface area (Å²) in [6.45, 7) is 5.34. The van der Waals surface area contributed by atoms with Crippen LogP contribution in [0.3, 0.4) is 0 Å². The Labute approximate surface area is 213 Å². The predicted octanol–water partition coefficient (Wildman–Crippen LogP) is 4.91. The minimum atomic E-state index is 0.194. The summed E-state index contributed by atoms with van der Waals surface area (Å²) < 4.78 is 1.16. The van der Waals surface area contributed by atoms with E-state index in [0.29, 0.717) is 12.6 Å². The van der Waals surface area contributed by atoms with Gasteiger partial charge < -0.3 is 20.1 Å². The maximum Gasteiger partial charge on any atom is 0.320 e. The summed E-state index contributed by atoms with van der Waals surface area (Å²) in [5.74, 6) is 0. The van der Waals surface area contributed by atoms with Gasteiger partial charge in [0.05, 0.1) is 21.4 Å². The molecule has 184 valence electrons. The number of fused-ring (bicyclic) bond motifs is 3. The van der Waals surface area contributed by atoms with Gasteiger partial charge in [-0.15, -0.1) is 11.3 Å². The monoisotopic (exact) mass is 499 g/mol. The normalized spacial score (nSPS) is 20.7. The highest BCUT2D eigenvalue weighted by Crippen LogP contribution is 2.32. The predicted molar refractivity (Wildman–Crippen MR) is 145 cm³/mol. The van der Waals surface area contributed by atoms with Crippen LogP contribution in [0.25, 0.3) is 26.8 Å². The van der Waals surface area contributed by atoms with Crippen molar-refractivity contribution in [1.82, 2.24) is 29.7 Å². The number of urea groups is 1. The van der Waals surface area contributed by atoms with Crippen LogP contribution in [0.1, 0.15) is 25.0 Å². The van der Waals surface area contributed by atoms with E-state index in [1.165, 1.54) is 25.0 Å². The molecule has 0 radical (unpaired) electrons. The fourth-order valence-corrected chi connectivity index (χ4v) is 6.57. The lowest BCUT2D eigenvalue weighted by Gasteiger charge is -2.40. The molecule has 3 aliphatic heterocycles. The molecule has 2 N–H and O–H groups in total. The largest absolute Gasteiger partial charge is 0.355 e. The van der Waals surface area contributed by atoms with Crippen molar-refractivity contribution in [2.45, 2.75) is 25.3 Å². The number of rotatable bonds is 3. The van der Waals surface area contributed by atoms with Crippen LogP contribution in [0.5, 0.6) is 0 Å². The number of aromatic nitrogens is 3. The van der Waals surface area contributed by atoms with Crippen LogP contribution in [0.2, 0.25) is 0 Å². The molecule has 2 amide bonds. The molecule has 1 atom stereocenters. The van der Waals surface area contributed by atoms with Crippen molar-refractivity contribution in [2.75, 3.05) is 44.6 Å². The second-order valence-corrected chi connectivity index (χ2v) is 10.8. The van der Waals surface area contributed by atoms with Crippen molar-refractivity contribution in [3.05, 3.63) is 53.8 Å².